The van der Waals surface area contributed by atoms with Gasteiger partial charge in [-0.05, 0) is 13.8 Å². The summed E-state index contributed by atoms with van der Waals surface area (Å²) in [5.41, 5.74) is 0.666. The van der Waals surface area contributed by atoms with E-state index in [0.717, 1.165) is 0 Å². The summed E-state index contributed by atoms with van der Waals surface area (Å²) in [5.74, 6) is -0.196. The zero-order valence-electron chi connectivity index (χ0n) is 10.9. The molecule has 4 nitrogen and oxygen atoms in total. The van der Waals surface area contributed by atoms with Crippen molar-refractivity contribution in [2.24, 2.45) is 0 Å². The van der Waals surface area contributed by atoms with E-state index in [1.165, 1.54) is 29.2 Å². The van der Waals surface area contributed by atoms with Crippen LogP contribution in [0, 0.1) is 6.92 Å². The molecule has 0 aromatic carbocycles. The van der Waals surface area contributed by atoms with Crippen molar-refractivity contribution < 1.29 is 9.59 Å². The first-order valence-electron chi connectivity index (χ1n) is 5.52. The second-order valence-corrected chi connectivity index (χ2v) is 4.73. The van der Waals surface area contributed by atoms with Gasteiger partial charge in [-0.3, -0.25) is 14.5 Å². The fourth-order valence-corrected chi connectivity index (χ4v) is 2.24. The van der Waals surface area contributed by atoms with Crippen molar-refractivity contribution in [2.45, 2.75) is 20.8 Å². The lowest BCUT2D eigenvalue weighted by Gasteiger charge is -2.10. The third-order valence-electron chi connectivity index (χ3n) is 2.26. The number of Topliss-reactive ketones (excluding diaryl/α,β-unsaturated/α-hetero) is 1. The number of allylic oxidation sites excluding steroid dienone is 3. The summed E-state index contributed by atoms with van der Waals surface area (Å²) in [7, 11) is 1.64. The van der Waals surface area contributed by atoms with Gasteiger partial charge in [-0.2, -0.15) is 0 Å². The Morgan fingerprint density at radius 1 is 1.33 bits per heavy atom. The summed E-state index contributed by atoms with van der Waals surface area (Å²) in [5, 5.41) is 0.535. The van der Waals surface area contributed by atoms with Crippen molar-refractivity contribution in [1.82, 2.24) is 4.98 Å². The average Bonchev–Trinajstić information content (AvgIpc) is 2.70. The summed E-state index contributed by atoms with van der Waals surface area (Å²) >= 11 is 1.24. The van der Waals surface area contributed by atoms with Crippen LogP contribution in [0.2, 0.25) is 0 Å². The lowest BCUT2D eigenvalue weighted by atomic mass is 10.3. The lowest BCUT2D eigenvalue weighted by molar-refractivity contribution is -0.113. The van der Waals surface area contributed by atoms with E-state index in [1.54, 1.807) is 26.1 Å². The quantitative estimate of drug-likeness (QED) is 0.477. The van der Waals surface area contributed by atoms with Crippen LogP contribution in [-0.4, -0.2) is 23.7 Å². The molecular weight excluding hydrogens is 248 g/mol. The third kappa shape index (κ3) is 3.37. The molecule has 96 valence electrons. The predicted molar refractivity (Wildman–Crippen MR) is 74.2 cm³/mol. The fourth-order valence-electron chi connectivity index (χ4n) is 1.31. The van der Waals surface area contributed by atoms with Crippen molar-refractivity contribution in [2.75, 3.05) is 11.9 Å². The summed E-state index contributed by atoms with van der Waals surface area (Å²) in [4.78, 5) is 29.4. The molecule has 0 aliphatic rings. The number of amides is 1. The van der Waals surface area contributed by atoms with Crippen LogP contribution in [0.25, 0.3) is 0 Å². The maximum Gasteiger partial charge on any atom is 0.252 e. The van der Waals surface area contributed by atoms with Gasteiger partial charge < -0.3 is 0 Å². The second-order valence-electron chi connectivity index (χ2n) is 3.75. The van der Waals surface area contributed by atoms with E-state index in [-0.39, 0.29) is 11.7 Å². The third-order valence-corrected chi connectivity index (χ3v) is 3.60. The molecule has 18 heavy (non-hydrogen) atoms. The number of rotatable bonds is 4. The van der Waals surface area contributed by atoms with Gasteiger partial charge in [0.25, 0.3) is 5.91 Å². The number of ketones is 1. The molecule has 0 fully saturated rings. The number of aromatic nitrogens is 1. The van der Waals surface area contributed by atoms with Gasteiger partial charge in [-0.1, -0.05) is 29.6 Å². The maximum absolute atomic E-state index is 11.8. The van der Waals surface area contributed by atoms with Gasteiger partial charge in [0, 0.05) is 20.0 Å². The Bertz CT molecular complexity index is 515. The van der Waals surface area contributed by atoms with Gasteiger partial charge in [0.05, 0.1) is 10.6 Å². The number of hydrogen-bond acceptors (Lipinski definition) is 4. The largest absolute Gasteiger partial charge is 0.294 e. The van der Waals surface area contributed by atoms with Crippen LogP contribution in [0.15, 0.2) is 24.3 Å². The number of likely N-dealkylation sites (N-methyl/N-ethyl adjacent to an activating group) is 1. The van der Waals surface area contributed by atoms with E-state index in [2.05, 4.69) is 4.98 Å². The molecule has 1 amide bonds. The van der Waals surface area contributed by atoms with Crippen molar-refractivity contribution in [3.8, 4) is 0 Å². The van der Waals surface area contributed by atoms with Crippen molar-refractivity contribution in [3.63, 3.8) is 0 Å². The molecule has 0 bridgehead atoms. The summed E-state index contributed by atoms with van der Waals surface area (Å²) in [6.45, 7) is 5.14. The van der Waals surface area contributed by atoms with E-state index < -0.39 is 0 Å². The standard InChI is InChI=1S/C13H16N2O2S/c1-5-6-7-8-11(17)15(4)13-14-9(2)12(18-13)10(3)16/h5-8H,1-4H3/b6-5+,8-7+. The first kappa shape index (κ1) is 14.3. The lowest BCUT2D eigenvalue weighted by Crippen LogP contribution is -2.23. The number of thiazole rings is 1. The Balaban J connectivity index is 2.90. The monoisotopic (exact) mass is 264 g/mol. The van der Waals surface area contributed by atoms with Crippen molar-refractivity contribution in [1.29, 1.82) is 0 Å². The van der Waals surface area contributed by atoms with Gasteiger partial charge in [0.2, 0.25) is 0 Å². The SMILES string of the molecule is C/C=C/C=C/C(=O)N(C)c1nc(C)c(C(C)=O)s1. The highest BCUT2D eigenvalue weighted by molar-refractivity contribution is 7.17. The van der Waals surface area contributed by atoms with Crippen LogP contribution in [-0.2, 0) is 4.79 Å². The van der Waals surface area contributed by atoms with E-state index in [4.69, 9.17) is 0 Å². The number of nitrogens with zero attached hydrogens (tertiary/aromatic N) is 2. The van der Waals surface area contributed by atoms with Gasteiger partial charge in [-0.25, -0.2) is 4.98 Å². The Kier molecular flexibility index (Phi) is 4.97. The smallest absolute Gasteiger partial charge is 0.252 e. The zero-order valence-corrected chi connectivity index (χ0v) is 11.7. The average molecular weight is 264 g/mol. The van der Waals surface area contributed by atoms with Crippen molar-refractivity contribution >= 4 is 28.2 Å². The maximum atomic E-state index is 11.8. The molecule has 0 radical (unpaired) electrons. The molecular formula is C13H16N2O2S. The first-order valence-corrected chi connectivity index (χ1v) is 6.34. The Morgan fingerprint density at radius 3 is 2.50 bits per heavy atom. The summed E-state index contributed by atoms with van der Waals surface area (Å²) in [6.07, 6.45) is 6.75. The molecule has 0 N–H and O–H groups in total. The topological polar surface area (TPSA) is 50.3 Å². The molecule has 0 atom stereocenters. The number of carbonyl (C=O) groups excluding carboxylic acids is 2. The Hall–Kier alpha value is -1.75. The molecule has 5 heteroatoms. The number of hydrogen-bond donors (Lipinski definition) is 0. The van der Waals surface area contributed by atoms with E-state index in [0.29, 0.717) is 15.7 Å². The minimum Gasteiger partial charge on any atom is -0.294 e. The predicted octanol–water partition coefficient (Wildman–Crippen LogP) is 2.75. The molecule has 0 aliphatic carbocycles. The van der Waals surface area contributed by atoms with Crippen molar-refractivity contribution in [3.05, 3.63) is 34.9 Å². The van der Waals surface area contributed by atoms with Gasteiger partial charge in [0.1, 0.15) is 0 Å². The van der Waals surface area contributed by atoms with Crippen LogP contribution in [0.3, 0.4) is 0 Å². The minimum absolute atomic E-state index is 0.0263. The van der Waals surface area contributed by atoms with Crippen LogP contribution in [0.1, 0.15) is 29.2 Å². The molecule has 1 rings (SSSR count). The minimum atomic E-state index is -0.169. The molecule has 0 saturated heterocycles. The highest BCUT2D eigenvalue weighted by Gasteiger charge is 2.16. The Morgan fingerprint density at radius 2 is 2.00 bits per heavy atom. The molecule has 1 aromatic heterocycles. The number of carbonyl (C=O) groups is 2. The Labute approximate surface area is 111 Å². The highest BCUT2D eigenvalue weighted by atomic mass is 32.1. The van der Waals surface area contributed by atoms with Gasteiger partial charge >= 0.3 is 0 Å². The highest BCUT2D eigenvalue weighted by Crippen LogP contribution is 2.25. The van der Waals surface area contributed by atoms with Crippen LogP contribution >= 0.6 is 11.3 Å². The van der Waals surface area contributed by atoms with Gasteiger partial charge in [-0.15, -0.1) is 0 Å². The van der Waals surface area contributed by atoms with Crippen LogP contribution in [0.4, 0.5) is 5.13 Å². The molecule has 0 aliphatic heterocycles. The van der Waals surface area contributed by atoms with Crippen LogP contribution in [0.5, 0.6) is 0 Å². The summed E-state index contributed by atoms with van der Waals surface area (Å²) < 4.78 is 0. The molecule has 0 spiro atoms. The van der Waals surface area contributed by atoms with E-state index >= 15 is 0 Å². The summed E-state index contributed by atoms with van der Waals surface area (Å²) in [6, 6.07) is 0. The normalized spacial score (nSPS) is 11.3. The van der Waals surface area contributed by atoms with E-state index in [9.17, 15) is 9.59 Å². The van der Waals surface area contributed by atoms with Crippen LogP contribution < -0.4 is 4.90 Å². The molecule has 1 aromatic rings. The number of anilines is 1. The number of aryl methyl sites for hydroxylation is 1. The molecule has 0 unspecified atom stereocenters. The fraction of sp³-hybridized carbons (Fsp3) is 0.308. The first-order chi connectivity index (χ1) is 8.47. The van der Waals surface area contributed by atoms with E-state index in [1.807, 2.05) is 13.0 Å². The zero-order chi connectivity index (χ0) is 13.7. The second kappa shape index (κ2) is 6.26. The van der Waals surface area contributed by atoms with Gasteiger partial charge in [0.15, 0.2) is 10.9 Å². The molecule has 1 heterocycles. The molecule has 0 saturated carbocycles.